The summed E-state index contributed by atoms with van der Waals surface area (Å²) in [6.45, 7) is 7.38. The van der Waals surface area contributed by atoms with Crippen molar-refractivity contribution in [3.63, 3.8) is 0 Å². The number of halogens is 1. The molecule has 0 N–H and O–H groups in total. The quantitative estimate of drug-likeness (QED) is 0.768. The molecule has 0 aromatic carbocycles. The first-order valence-corrected chi connectivity index (χ1v) is 6.07. The van der Waals surface area contributed by atoms with Crippen LogP contribution in [0.4, 0.5) is 4.39 Å². The molecule has 1 aromatic rings. The van der Waals surface area contributed by atoms with Gasteiger partial charge in [-0.3, -0.25) is 4.99 Å². The Balaban J connectivity index is 2.31. The minimum absolute atomic E-state index is 0.0665. The van der Waals surface area contributed by atoms with Crippen molar-refractivity contribution >= 4 is 6.21 Å². The number of hydrogen-bond donors (Lipinski definition) is 0. The van der Waals surface area contributed by atoms with Gasteiger partial charge < -0.3 is 0 Å². The third kappa shape index (κ3) is 2.25. The predicted octanol–water partition coefficient (Wildman–Crippen LogP) is 3.09. The van der Waals surface area contributed by atoms with Gasteiger partial charge in [-0.05, 0) is 18.9 Å². The Labute approximate surface area is 106 Å². The molecule has 2 rings (SSSR count). The van der Waals surface area contributed by atoms with Gasteiger partial charge in [-0.25, -0.2) is 14.1 Å². The van der Waals surface area contributed by atoms with E-state index < -0.39 is 6.17 Å². The Hall–Kier alpha value is -1.78. The summed E-state index contributed by atoms with van der Waals surface area (Å²) in [6.07, 6.45) is 5.18. The van der Waals surface area contributed by atoms with Gasteiger partial charge in [0.05, 0.1) is 6.04 Å². The van der Waals surface area contributed by atoms with Crippen molar-refractivity contribution in [1.29, 1.82) is 0 Å². The van der Waals surface area contributed by atoms with Gasteiger partial charge in [-0.15, -0.1) is 0 Å². The van der Waals surface area contributed by atoms with Crippen molar-refractivity contribution in [2.75, 3.05) is 0 Å². The number of hydrogen-bond acceptors (Lipinski definition) is 3. The molecule has 96 valence electrons. The topological polar surface area (TPSA) is 43.1 Å². The van der Waals surface area contributed by atoms with Gasteiger partial charge in [0.2, 0.25) is 0 Å². The second kappa shape index (κ2) is 5.25. The molecular weight excluding hydrogens is 231 g/mol. The maximum Gasteiger partial charge on any atom is 0.162 e. The molecule has 1 aliphatic rings. The Kier molecular flexibility index (Phi) is 3.69. The van der Waals surface area contributed by atoms with E-state index in [2.05, 4.69) is 21.7 Å². The number of rotatable bonds is 4. The van der Waals surface area contributed by atoms with Crippen LogP contribution in [0, 0.1) is 6.92 Å². The molecule has 0 amide bonds. The molecule has 0 aliphatic carbocycles. The van der Waals surface area contributed by atoms with E-state index in [0.29, 0.717) is 18.1 Å². The van der Waals surface area contributed by atoms with Gasteiger partial charge >= 0.3 is 0 Å². The van der Waals surface area contributed by atoms with Crippen molar-refractivity contribution in [3.8, 4) is 0 Å². The summed E-state index contributed by atoms with van der Waals surface area (Å²) in [5.41, 5.74) is 1.06. The average molecular weight is 248 g/mol. The molecule has 2 atom stereocenters. The van der Waals surface area contributed by atoms with Gasteiger partial charge in [-0.2, -0.15) is 5.10 Å². The van der Waals surface area contributed by atoms with Gasteiger partial charge in [0, 0.05) is 18.8 Å². The largest absolute Gasteiger partial charge is 0.265 e. The van der Waals surface area contributed by atoms with E-state index in [1.54, 1.807) is 30.1 Å². The molecule has 0 fully saturated rings. The number of aromatic nitrogens is 3. The third-order valence-electron chi connectivity index (χ3n) is 3.04. The third-order valence-corrected chi connectivity index (χ3v) is 3.04. The Morgan fingerprint density at radius 3 is 3.11 bits per heavy atom. The predicted molar refractivity (Wildman–Crippen MR) is 69.3 cm³/mol. The summed E-state index contributed by atoms with van der Waals surface area (Å²) in [5, 5.41) is 4.27. The zero-order chi connectivity index (χ0) is 13.1. The Morgan fingerprint density at radius 1 is 1.67 bits per heavy atom. The van der Waals surface area contributed by atoms with Crippen molar-refractivity contribution in [3.05, 3.63) is 36.1 Å². The number of allylic oxidation sites excluding steroid dienone is 2. The van der Waals surface area contributed by atoms with Gasteiger partial charge in [-0.1, -0.05) is 19.6 Å². The van der Waals surface area contributed by atoms with E-state index in [4.69, 9.17) is 0 Å². The van der Waals surface area contributed by atoms with Crippen LogP contribution in [0.2, 0.25) is 0 Å². The van der Waals surface area contributed by atoms with Crippen LogP contribution in [0.25, 0.3) is 0 Å². The van der Waals surface area contributed by atoms with Crippen LogP contribution in [0.3, 0.4) is 0 Å². The minimum Gasteiger partial charge on any atom is -0.265 e. The number of fused-ring (bicyclic) bond motifs is 1. The highest BCUT2D eigenvalue weighted by atomic mass is 19.1. The molecule has 0 spiro atoms. The minimum atomic E-state index is -1.03. The lowest BCUT2D eigenvalue weighted by molar-refractivity contribution is 0.326. The summed E-state index contributed by atoms with van der Waals surface area (Å²) in [7, 11) is 0. The summed E-state index contributed by atoms with van der Waals surface area (Å²) in [4.78, 5) is 8.25. The molecule has 0 radical (unpaired) electrons. The zero-order valence-electron chi connectivity index (χ0n) is 10.7. The summed E-state index contributed by atoms with van der Waals surface area (Å²) >= 11 is 0. The number of aryl methyl sites for hydroxylation is 1. The first kappa shape index (κ1) is 12.7. The van der Waals surface area contributed by atoms with Gasteiger partial charge in [0.25, 0.3) is 0 Å². The maximum atomic E-state index is 13.9. The highest BCUT2D eigenvalue weighted by Gasteiger charge is 2.35. The van der Waals surface area contributed by atoms with E-state index in [-0.39, 0.29) is 6.04 Å². The Bertz CT molecular complexity index is 501. The highest BCUT2D eigenvalue weighted by Crippen LogP contribution is 2.40. The summed E-state index contributed by atoms with van der Waals surface area (Å²) in [5.74, 6) is 1.05. The van der Waals surface area contributed by atoms with Crippen molar-refractivity contribution in [2.24, 2.45) is 4.99 Å². The van der Waals surface area contributed by atoms with Crippen LogP contribution < -0.4 is 0 Å². The van der Waals surface area contributed by atoms with E-state index in [1.807, 2.05) is 6.92 Å². The fourth-order valence-corrected chi connectivity index (χ4v) is 2.21. The first-order valence-electron chi connectivity index (χ1n) is 6.07. The molecule has 18 heavy (non-hydrogen) atoms. The summed E-state index contributed by atoms with van der Waals surface area (Å²) in [6, 6.07) is -0.0665. The fourth-order valence-electron chi connectivity index (χ4n) is 2.21. The van der Waals surface area contributed by atoms with Crippen molar-refractivity contribution in [1.82, 2.24) is 14.8 Å². The van der Waals surface area contributed by atoms with Crippen LogP contribution in [-0.2, 0) is 0 Å². The molecule has 5 heteroatoms. The molecule has 2 unspecified atom stereocenters. The SMILES string of the molecule is C=C/C=N\C=C(/CC)C1CC(F)c2nc(C)nn21. The lowest BCUT2D eigenvalue weighted by Gasteiger charge is -2.13. The maximum absolute atomic E-state index is 13.9. The fraction of sp³-hybridized carbons (Fsp3) is 0.462. The Morgan fingerprint density at radius 2 is 2.44 bits per heavy atom. The van der Waals surface area contributed by atoms with E-state index in [0.717, 1.165) is 12.0 Å². The van der Waals surface area contributed by atoms with Crippen LogP contribution in [0.15, 0.2) is 29.4 Å². The van der Waals surface area contributed by atoms with E-state index >= 15 is 0 Å². The number of alkyl halides is 1. The van der Waals surface area contributed by atoms with Gasteiger partial charge in [0.15, 0.2) is 12.0 Å². The standard InChI is InChI=1S/C13H17FN4/c1-4-6-15-8-10(5-2)12-7-11(14)13-16-9(3)17-18(12)13/h4,6,8,11-12H,1,5,7H2,2-3H3/b10-8+,15-6-. The zero-order valence-corrected chi connectivity index (χ0v) is 10.7. The molecule has 4 nitrogen and oxygen atoms in total. The molecule has 0 saturated heterocycles. The lowest BCUT2D eigenvalue weighted by Crippen LogP contribution is -2.08. The molecule has 1 aliphatic heterocycles. The first-order chi connectivity index (χ1) is 8.67. The van der Waals surface area contributed by atoms with E-state index in [9.17, 15) is 4.39 Å². The van der Waals surface area contributed by atoms with E-state index in [1.165, 1.54) is 0 Å². The van der Waals surface area contributed by atoms with Crippen LogP contribution in [0.1, 0.15) is 43.6 Å². The second-order valence-electron chi connectivity index (χ2n) is 4.27. The molecular formula is C13H17FN4. The monoisotopic (exact) mass is 248 g/mol. The number of nitrogens with zero attached hydrogens (tertiary/aromatic N) is 4. The molecule has 1 aromatic heterocycles. The summed E-state index contributed by atoms with van der Waals surface area (Å²) < 4.78 is 15.6. The number of aliphatic imine (C=N–C) groups is 1. The highest BCUT2D eigenvalue weighted by molar-refractivity contribution is 5.70. The molecule has 2 heterocycles. The lowest BCUT2D eigenvalue weighted by atomic mass is 10.0. The van der Waals surface area contributed by atoms with Crippen molar-refractivity contribution in [2.45, 2.75) is 38.9 Å². The second-order valence-corrected chi connectivity index (χ2v) is 4.27. The smallest absolute Gasteiger partial charge is 0.162 e. The molecule has 0 saturated carbocycles. The van der Waals surface area contributed by atoms with Gasteiger partial charge in [0.1, 0.15) is 5.82 Å². The van der Waals surface area contributed by atoms with Crippen LogP contribution in [0.5, 0.6) is 0 Å². The van der Waals surface area contributed by atoms with Crippen LogP contribution in [-0.4, -0.2) is 21.0 Å². The normalized spacial score (nSPS) is 23.6. The average Bonchev–Trinajstić information content (AvgIpc) is 2.85. The van der Waals surface area contributed by atoms with Crippen LogP contribution >= 0.6 is 0 Å². The molecule has 0 bridgehead atoms. The van der Waals surface area contributed by atoms with Crippen molar-refractivity contribution < 1.29 is 4.39 Å².